The molecule has 19 heavy (non-hydrogen) atoms. The Morgan fingerprint density at radius 2 is 2.05 bits per heavy atom. The minimum absolute atomic E-state index is 0.0497. The molecule has 4 nitrogen and oxygen atoms in total. The summed E-state index contributed by atoms with van der Waals surface area (Å²) in [6.45, 7) is 2.21. The van der Waals surface area contributed by atoms with Crippen molar-refractivity contribution in [3.63, 3.8) is 0 Å². The van der Waals surface area contributed by atoms with Gasteiger partial charge in [0.25, 0.3) is 5.91 Å². The first kappa shape index (κ1) is 15.2. The van der Waals surface area contributed by atoms with Crippen LogP contribution >= 0.6 is 0 Å². The van der Waals surface area contributed by atoms with Crippen molar-refractivity contribution >= 4 is 5.91 Å². The van der Waals surface area contributed by atoms with Gasteiger partial charge in [0.2, 0.25) is 0 Å². The average Bonchev–Trinajstić information content (AvgIpc) is 2.40. The Balaban J connectivity index is 2.88. The number of aryl methyl sites for hydroxylation is 1. The van der Waals surface area contributed by atoms with Gasteiger partial charge in [-0.05, 0) is 30.7 Å². The van der Waals surface area contributed by atoms with Gasteiger partial charge >= 0.3 is 0 Å². The van der Waals surface area contributed by atoms with Crippen LogP contribution in [0, 0.1) is 18.8 Å². The number of aliphatic hydroxyl groups excluding tert-OH is 2. The molecule has 1 rings (SSSR count). The van der Waals surface area contributed by atoms with Gasteiger partial charge in [0, 0.05) is 31.1 Å². The molecule has 1 amide bonds. The second-order valence-electron chi connectivity index (χ2n) is 4.26. The molecule has 0 radical (unpaired) electrons. The summed E-state index contributed by atoms with van der Waals surface area (Å²) >= 11 is 0. The summed E-state index contributed by atoms with van der Waals surface area (Å²) in [5.41, 5.74) is 2.37. The molecule has 2 N–H and O–H groups in total. The summed E-state index contributed by atoms with van der Waals surface area (Å²) in [7, 11) is 1.66. The van der Waals surface area contributed by atoms with Crippen LogP contribution in [0.15, 0.2) is 18.2 Å². The van der Waals surface area contributed by atoms with E-state index in [-0.39, 0.29) is 19.1 Å². The van der Waals surface area contributed by atoms with Crippen LogP contribution in [0.2, 0.25) is 0 Å². The highest BCUT2D eigenvalue weighted by atomic mass is 16.3. The van der Waals surface area contributed by atoms with Gasteiger partial charge < -0.3 is 15.1 Å². The number of hydrogen-bond donors (Lipinski definition) is 2. The summed E-state index contributed by atoms with van der Waals surface area (Å²) in [6, 6.07) is 5.32. The third-order valence-corrected chi connectivity index (χ3v) is 2.72. The van der Waals surface area contributed by atoms with Crippen molar-refractivity contribution in [2.24, 2.45) is 0 Å². The number of carbonyl (C=O) groups is 1. The lowest BCUT2D eigenvalue weighted by Gasteiger charge is -2.16. The van der Waals surface area contributed by atoms with Gasteiger partial charge in [-0.2, -0.15) is 0 Å². The third-order valence-electron chi connectivity index (χ3n) is 2.72. The number of carbonyl (C=O) groups excluding carboxylic acids is 1. The molecule has 1 aromatic carbocycles. The first-order valence-electron chi connectivity index (χ1n) is 6.17. The molecule has 4 heteroatoms. The van der Waals surface area contributed by atoms with E-state index >= 15 is 0 Å². The Bertz CT molecular complexity index is 500. The van der Waals surface area contributed by atoms with Crippen molar-refractivity contribution in [2.45, 2.75) is 13.3 Å². The number of likely N-dealkylation sites (N-methyl/N-ethyl adjacent to an activating group) is 1. The lowest BCUT2D eigenvalue weighted by molar-refractivity contribution is 0.0767. The van der Waals surface area contributed by atoms with E-state index < -0.39 is 0 Å². The number of rotatable bonds is 4. The maximum atomic E-state index is 12.0. The largest absolute Gasteiger partial charge is 0.395 e. The molecule has 0 heterocycles. The van der Waals surface area contributed by atoms with Crippen molar-refractivity contribution in [2.75, 3.05) is 26.8 Å². The normalized spacial score (nSPS) is 9.68. The van der Waals surface area contributed by atoms with Crippen LogP contribution in [-0.2, 0) is 0 Å². The summed E-state index contributed by atoms with van der Waals surface area (Å²) in [4.78, 5) is 13.5. The van der Waals surface area contributed by atoms with E-state index in [1.54, 1.807) is 25.2 Å². The van der Waals surface area contributed by atoms with Gasteiger partial charge in [-0.3, -0.25) is 4.79 Å². The van der Waals surface area contributed by atoms with Crippen molar-refractivity contribution in [1.82, 2.24) is 4.90 Å². The van der Waals surface area contributed by atoms with Crippen LogP contribution in [0.25, 0.3) is 0 Å². The molecule has 0 atom stereocenters. The SMILES string of the molecule is Cc1cc(C(=O)N(C)CCO)ccc1C#CCCO. The van der Waals surface area contributed by atoms with Crippen molar-refractivity contribution < 1.29 is 15.0 Å². The zero-order valence-corrected chi connectivity index (χ0v) is 11.3. The number of amides is 1. The third kappa shape index (κ3) is 4.40. The second kappa shape index (κ2) is 7.57. The Morgan fingerprint density at radius 3 is 2.63 bits per heavy atom. The van der Waals surface area contributed by atoms with E-state index in [9.17, 15) is 4.79 Å². The molecule has 0 aromatic heterocycles. The van der Waals surface area contributed by atoms with E-state index in [2.05, 4.69) is 11.8 Å². The van der Waals surface area contributed by atoms with Crippen molar-refractivity contribution in [1.29, 1.82) is 0 Å². The highest BCUT2D eigenvalue weighted by molar-refractivity contribution is 5.94. The highest BCUT2D eigenvalue weighted by Gasteiger charge is 2.11. The van der Waals surface area contributed by atoms with Gasteiger partial charge in [0.15, 0.2) is 0 Å². The van der Waals surface area contributed by atoms with Crippen LogP contribution in [0.4, 0.5) is 0 Å². The number of nitrogens with zero attached hydrogens (tertiary/aromatic N) is 1. The lowest BCUT2D eigenvalue weighted by atomic mass is 10.0. The molecule has 0 fully saturated rings. The maximum absolute atomic E-state index is 12.0. The second-order valence-corrected chi connectivity index (χ2v) is 4.26. The number of aliphatic hydroxyl groups is 2. The predicted molar refractivity (Wildman–Crippen MR) is 73.8 cm³/mol. The van der Waals surface area contributed by atoms with E-state index in [0.29, 0.717) is 18.5 Å². The minimum atomic E-state index is -0.119. The zero-order valence-electron chi connectivity index (χ0n) is 11.3. The topological polar surface area (TPSA) is 60.8 Å². The van der Waals surface area contributed by atoms with Crippen molar-refractivity contribution in [3.8, 4) is 11.8 Å². The Labute approximate surface area is 113 Å². The Hall–Kier alpha value is -1.83. The van der Waals surface area contributed by atoms with Gasteiger partial charge in [-0.15, -0.1) is 0 Å². The molecular weight excluding hydrogens is 242 g/mol. The van der Waals surface area contributed by atoms with Crippen LogP contribution in [0.3, 0.4) is 0 Å². The van der Waals surface area contributed by atoms with Crippen LogP contribution in [0.5, 0.6) is 0 Å². The van der Waals surface area contributed by atoms with Gasteiger partial charge in [-0.25, -0.2) is 0 Å². The van der Waals surface area contributed by atoms with Gasteiger partial charge in [0.05, 0.1) is 13.2 Å². The molecule has 0 bridgehead atoms. The first-order chi connectivity index (χ1) is 9.10. The maximum Gasteiger partial charge on any atom is 0.253 e. The number of benzene rings is 1. The highest BCUT2D eigenvalue weighted by Crippen LogP contribution is 2.12. The van der Waals surface area contributed by atoms with Crippen LogP contribution in [-0.4, -0.2) is 47.8 Å². The van der Waals surface area contributed by atoms with Gasteiger partial charge in [-0.1, -0.05) is 11.8 Å². The molecule has 0 aliphatic heterocycles. The Kier molecular flexibility index (Phi) is 6.07. The fourth-order valence-corrected chi connectivity index (χ4v) is 1.62. The fraction of sp³-hybridized carbons (Fsp3) is 0.400. The van der Waals surface area contributed by atoms with E-state index in [1.807, 2.05) is 6.92 Å². The molecule has 0 aliphatic rings. The molecule has 0 aliphatic carbocycles. The molecule has 0 saturated carbocycles. The predicted octanol–water partition coefficient (Wildman–Crippen LogP) is 0.793. The summed E-state index contributed by atoms with van der Waals surface area (Å²) in [6.07, 6.45) is 0.444. The van der Waals surface area contributed by atoms with E-state index in [1.165, 1.54) is 4.90 Å². The summed E-state index contributed by atoms with van der Waals surface area (Å²) in [5, 5.41) is 17.5. The monoisotopic (exact) mass is 261 g/mol. The quantitative estimate of drug-likeness (QED) is 0.788. The lowest BCUT2D eigenvalue weighted by Crippen LogP contribution is -2.29. The molecule has 0 saturated heterocycles. The number of hydrogen-bond acceptors (Lipinski definition) is 3. The molecular formula is C15H19NO3. The van der Waals surface area contributed by atoms with Crippen LogP contribution in [0.1, 0.15) is 27.9 Å². The van der Waals surface area contributed by atoms with Crippen molar-refractivity contribution in [3.05, 3.63) is 34.9 Å². The Morgan fingerprint density at radius 1 is 1.32 bits per heavy atom. The summed E-state index contributed by atoms with van der Waals surface area (Å²) < 4.78 is 0. The molecule has 0 spiro atoms. The van der Waals surface area contributed by atoms with E-state index in [0.717, 1.165) is 11.1 Å². The van der Waals surface area contributed by atoms with Gasteiger partial charge in [0.1, 0.15) is 0 Å². The van der Waals surface area contributed by atoms with Crippen LogP contribution < -0.4 is 0 Å². The molecule has 1 aromatic rings. The minimum Gasteiger partial charge on any atom is -0.395 e. The summed E-state index contributed by atoms with van der Waals surface area (Å²) in [5.74, 6) is 5.70. The average molecular weight is 261 g/mol. The standard InChI is InChI=1S/C15H19NO3/c1-12-11-14(15(19)16(2)8-10-18)7-6-13(12)5-3-4-9-17/h6-7,11,17-18H,4,8-10H2,1-2H3. The zero-order chi connectivity index (χ0) is 14.3. The molecule has 0 unspecified atom stereocenters. The molecule has 102 valence electrons. The van der Waals surface area contributed by atoms with E-state index in [4.69, 9.17) is 10.2 Å². The first-order valence-corrected chi connectivity index (χ1v) is 6.17. The smallest absolute Gasteiger partial charge is 0.253 e. The fourth-order valence-electron chi connectivity index (χ4n) is 1.62.